The molecule has 1 saturated heterocycles. The van der Waals surface area contributed by atoms with Gasteiger partial charge in [0.25, 0.3) is 0 Å². The van der Waals surface area contributed by atoms with E-state index in [1.807, 2.05) is 6.92 Å². The van der Waals surface area contributed by atoms with E-state index in [9.17, 15) is 8.42 Å². The summed E-state index contributed by atoms with van der Waals surface area (Å²) in [5, 5.41) is 0. The summed E-state index contributed by atoms with van der Waals surface area (Å²) in [6, 6.07) is 1.67. The van der Waals surface area contributed by atoms with Crippen LogP contribution in [0.1, 0.15) is 11.3 Å². The highest BCUT2D eigenvalue weighted by Gasteiger charge is 2.24. The quantitative estimate of drug-likeness (QED) is 0.901. The topological polar surface area (TPSA) is 49.4 Å². The fourth-order valence-electron chi connectivity index (χ4n) is 2.20. The van der Waals surface area contributed by atoms with Crippen LogP contribution in [0.15, 0.2) is 14.7 Å². The maximum absolute atomic E-state index is 12.2. The first-order valence-electron chi connectivity index (χ1n) is 5.82. The van der Waals surface area contributed by atoms with Crippen molar-refractivity contribution in [2.24, 2.45) is 5.92 Å². The Morgan fingerprint density at radius 1 is 1.61 bits per heavy atom. The number of rotatable bonds is 4. The van der Waals surface area contributed by atoms with Crippen LogP contribution in [0.5, 0.6) is 0 Å². The normalized spacial score (nSPS) is 21.6. The van der Waals surface area contributed by atoms with Crippen LogP contribution in [0, 0.1) is 12.8 Å². The van der Waals surface area contributed by atoms with Crippen LogP contribution < -0.4 is 4.72 Å². The molecule has 0 spiro atoms. The van der Waals surface area contributed by atoms with Gasteiger partial charge in [-0.05, 0) is 54.9 Å². The standard InChI is InChI=1S/C11H17BrN2O2S2/c1-8-10(5-11(12)17-8)18(15,16)13-6-9-3-4-14(2)7-9/h5,9,13H,3-4,6-7H2,1-2H3. The molecule has 1 aromatic rings. The van der Waals surface area contributed by atoms with Crippen molar-refractivity contribution in [3.05, 3.63) is 14.7 Å². The maximum atomic E-state index is 12.2. The molecule has 1 fully saturated rings. The third kappa shape index (κ3) is 3.33. The molecule has 1 aliphatic heterocycles. The number of nitrogens with zero attached hydrogens (tertiary/aromatic N) is 1. The predicted molar refractivity (Wildman–Crippen MR) is 77.5 cm³/mol. The number of hydrogen-bond acceptors (Lipinski definition) is 4. The van der Waals surface area contributed by atoms with Crippen LogP contribution in [0.25, 0.3) is 0 Å². The first-order chi connectivity index (χ1) is 8.38. The van der Waals surface area contributed by atoms with Gasteiger partial charge in [0.2, 0.25) is 10.0 Å². The van der Waals surface area contributed by atoms with Crippen molar-refractivity contribution in [3.63, 3.8) is 0 Å². The summed E-state index contributed by atoms with van der Waals surface area (Å²) in [5.41, 5.74) is 0. The van der Waals surface area contributed by atoms with E-state index >= 15 is 0 Å². The van der Waals surface area contributed by atoms with Crippen molar-refractivity contribution >= 4 is 37.3 Å². The van der Waals surface area contributed by atoms with Crippen molar-refractivity contribution in [2.45, 2.75) is 18.2 Å². The summed E-state index contributed by atoms with van der Waals surface area (Å²) < 4.78 is 27.9. The lowest BCUT2D eigenvalue weighted by atomic mass is 10.1. The van der Waals surface area contributed by atoms with E-state index in [1.54, 1.807) is 6.07 Å². The first-order valence-corrected chi connectivity index (χ1v) is 8.92. The van der Waals surface area contributed by atoms with Crippen molar-refractivity contribution in [2.75, 3.05) is 26.7 Å². The predicted octanol–water partition coefficient (Wildman–Crippen LogP) is 2.05. The number of likely N-dealkylation sites (tertiary alicyclic amines) is 1. The number of sulfonamides is 1. The second-order valence-corrected chi connectivity index (χ2v) is 9.11. The van der Waals surface area contributed by atoms with Gasteiger partial charge in [0.15, 0.2) is 0 Å². The van der Waals surface area contributed by atoms with E-state index in [4.69, 9.17) is 0 Å². The Morgan fingerprint density at radius 2 is 2.33 bits per heavy atom. The van der Waals surface area contributed by atoms with Crippen molar-refractivity contribution in [1.82, 2.24) is 9.62 Å². The number of thiophene rings is 1. The van der Waals surface area contributed by atoms with E-state index in [0.29, 0.717) is 17.4 Å². The molecule has 1 aromatic heterocycles. The van der Waals surface area contributed by atoms with Gasteiger partial charge in [0.05, 0.1) is 8.68 Å². The number of aryl methyl sites for hydroxylation is 1. The third-order valence-corrected chi connectivity index (χ3v) is 6.42. The average molecular weight is 353 g/mol. The monoisotopic (exact) mass is 352 g/mol. The van der Waals surface area contributed by atoms with Gasteiger partial charge in [0, 0.05) is 18.0 Å². The average Bonchev–Trinajstić information content (AvgIpc) is 2.82. The molecule has 18 heavy (non-hydrogen) atoms. The fraction of sp³-hybridized carbons (Fsp3) is 0.636. The van der Waals surface area contributed by atoms with Gasteiger partial charge in [-0.2, -0.15) is 0 Å². The van der Waals surface area contributed by atoms with Crippen LogP contribution in [-0.2, 0) is 10.0 Å². The minimum absolute atomic E-state index is 0.394. The summed E-state index contributed by atoms with van der Waals surface area (Å²) in [7, 11) is -1.30. The molecule has 0 aliphatic carbocycles. The van der Waals surface area contributed by atoms with E-state index in [-0.39, 0.29) is 0 Å². The molecule has 1 N–H and O–H groups in total. The van der Waals surface area contributed by atoms with Crippen molar-refractivity contribution < 1.29 is 8.42 Å². The van der Waals surface area contributed by atoms with E-state index in [0.717, 1.165) is 28.2 Å². The molecule has 2 heterocycles. The second-order valence-electron chi connectivity index (χ2n) is 4.74. The molecule has 2 rings (SSSR count). The maximum Gasteiger partial charge on any atom is 0.241 e. The smallest absolute Gasteiger partial charge is 0.241 e. The number of halogens is 1. The fourth-order valence-corrected chi connectivity index (χ4v) is 5.72. The van der Waals surface area contributed by atoms with Crippen LogP contribution in [0.2, 0.25) is 0 Å². The summed E-state index contributed by atoms with van der Waals surface area (Å²) in [6.07, 6.45) is 1.06. The Kier molecular flexibility index (Phi) is 4.48. The zero-order chi connectivity index (χ0) is 13.3. The molecule has 4 nitrogen and oxygen atoms in total. The van der Waals surface area contributed by atoms with E-state index < -0.39 is 10.0 Å². The molecular weight excluding hydrogens is 336 g/mol. The molecule has 0 aromatic carbocycles. The first kappa shape index (κ1) is 14.5. The van der Waals surface area contributed by atoms with Crippen molar-refractivity contribution in [1.29, 1.82) is 0 Å². The molecular formula is C11H17BrN2O2S2. The Bertz CT molecular complexity index is 527. The second kappa shape index (κ2) is 5.58. The zero-order valence-electron chi connectivity index (χ0n) is 10.4. The van der Waals surface area contributed by atoms with Gasteiger partial charge < -0.3 is 4.90 Å². The molecule has 1 unspecified atom stereocenters. The minimum atomic E-state index is -3.36. The van der Waals surface area contributed by atoms with Crippen LogP contribution in [0.3, 0.4) is 0 Å². The molecule has 1 aliphatic rings. The summed E-state index contributed by atoms with van der Waals surface area (Å²) in [6.45, 7) is 4.37. The highest BCUT2D eigenvalue weighted by Crippen LogP contribution is 2.29. The molecule has 0 saturated carbocycles. The highest BCUT2D eigenvalue weighted by atomic mass is 79.9. The largest absolute Gasteiger partial charge is 0.306 e. The van der Waals surface area contributed by atoms with Crippen LogP contribution >= 0.6 is 27.3 Å². The Balaban J connectivity index is 2.02. The van der Waals surface area contributed by atoms with Gasteiger partial charge in [-0.3, -0.25) is 0 Å². The number of hydrogen-bond donors (Lipinski definition) is 1. The van der Waals surface area contributed by atoms with Crippen molar-refractivity contribution in [3.8, 4) is 0 Å². The highest BCUT2D eigenvalue weighted by molar-refractivity contribution is 9.11. The Hall–Kier alpha value is 0.0500. The van der Waals surface area contributed by atoms with Gasteiger partial charge in [0.1, 0.15) is 0 Å². The summed E-state index contributed by atoms with van der Waals surface area (Å²) >= 11 is 4.76. The van der Waals surface area contributed by atoms with Crippen LogP contribution in [-0.4, -0.2) is 40.0 Å². The molecule has 0 bridgehead atoms. The lowest BCUT2D eigenvalue weighted by Crippen LogP contribution is -2.30. The SMILES string of the molecule is Cc1sc(Br)cc1S(=O)(=O)NCC1CCN(C)C1. The molecule has 1 atom stereocenters. The van der Waals surface area contributed by atoms with Gasteiger partial charge >= 0.3 is 0 Å². The molecule has 7 heteroatoms. The zero-order valence-corrected chi connectivity index (χ0v) is 13.7. The Morgan fingerprint density at radius 3 is 2.83 bits per heavy atom. The lowest BCUT2D eigenvalue weighted by Gasteiger charge is -2.11. The minimum Gasteiger partial charge on any atom is -0.306 e. The van der Waals surface area contributed by atoms with Gasteiger partial charge in [-0.1, -0.05) is 0 Å². The summed E-state index contributed by atoms with van der Waals surface area (Å²) in [5.74, 6) is 0.423. The van der Waals surface area contributed by atoms with E-state index in [2.05, 4.69) is 32.6 Å². The molecule has 0 amide bonds. The lowest BCUT2D eigenvalue weighted by molar-refractivity contribution is 0.394. The molecule has 0 radical (unpaired) electrons. The number of nitrogens with one attached hydrogen (secondary N) is 1. The Labute approximate surface area is 121 Å². The van der Waals surface area contributed by atoms with Gasteiger partial charge in [-0.25, -0.2) is 13.1 Å². The molecule has 102 valence electrons. The van der Waals surface area contributed by atoms with Crippen LogP contribution in [0.4, 0.5) is 0 Å². The summed E-state index contributed by atoms with van der Waals surface area (Å²) in [4.78, 5) is 3.44. The van der Waals surface area contributed by atoms with Gasteiger partial charge in [-0.15, -0.1) is 11.3 Å². The third-order valence-electron chi connectivity index (χ3n) is 3.18. The van der Waals surface area contributed by atoms with E-state index in [1.165, 1.54) is 11.3 Å².